The Kier molecular flexibility index (Phi) is 3.48. The van der Waals surface area contributed by atoms with Crippen LogP contribution in [-0.4, -0.2) is 21.0 Å². The molecule has 0 aliphatic rings. The maximum absolute atomic E-state index is 9.25. The van der Waals surface area contributed by atoms with Crippen LogP contribution in [0, 0.1) is 0 Å². The van der Waals surface area contributed by atoms with E-state index >= 15 is 0 Å². The van der Waals surface area contributed by atoms with Crippen molar-refractivity contribution in [3.8, 4) is 0 Å². The first-order valence-electron chi connectivity index (χ1n) is 4.91. The maximum atomic E-state index is 9.25. The van der Waals surface area contributed by atoms with Crippen molar-refractivity contribution in [2.75, 3.05) is 0 Å². The van der Waals surface area contributed by atoms with E-state index in [2.05, 4.69) is 25.0 Å². The Morgan fingerprint density at radius 1 is 1.46 bits per heavy atom. The van der Waals surface area contributed by atoms with Crippen molar-refractivity contribution in [2.24, 2.45) is 0 Å². The van der Waals surface area contributed by atoms with Crippen LogP contribution in [0.2, 0.25) is 0 Å². The number of aliphatic hydroxyl groups is 1. The topological polar surface area (TPSA) is 38.0 Å². The van der Waals surface area contributed by atoms with Crippen LogP contribution in [0.4, 0.5) is 0 Å². The molecule has 1 aromatic rings. The molecule has 1 rings (SSSR count). The average molecular weight is 182 g/mol. The number of hydrogen-bond donors (Lipinski definition) is 1. The van der Waals surface area contributed by atoms with Crippen LogP contribution in [0.3, 0.4) is 0 Å². The van der Waals surface area contributed by atoms with Crippen molar-refractivity contribution >= 4 is 0 Å². The molecule has 0 saturated heterocycles. The summed E-state index contributed by atoms with van der Waals surface area (Å²) >= 11 is 0. The van der Waals surface area contributed by atoms with Crippen molar-refractivity contribution < 1.29 is 5.11 Å². The van der Waals surface area contributed by atoms with Gasteiger partial charge in [0.15, 0.2) is 0 Å². The first-order chi connectivity index (χ1) is 6.17. The zero-order valence-electron chi connectivity index (χ0n) is 8.62. The lowest BCUT2D eigenvalue weighted by Crippen LogP contribution is -2.15. The second kappa shape index (κ2) is 4.42. The van der Waals surface area contributed by atoms with Crippen LogP contribution in [-0.2, 0) is 19.4 Å². The highest BCUT2D eigenvalue weighted by atomic mass is 16.3. The van der Waals surface area contributed by atoms with Gasteiger partial charge in [0.2, 0.25) is 0 Å². The van der Waals surface area contributed by atoms with E-state index in [1.165, 1.54) is 5.69 Å². The SMILES string of the molecule is CCc1cc(CC)n(CC(C)O)n1. The summed E-state index contributed by atoms with van der Waals surface area (Å²) in [5.41, 5.74) is 2.32. The van der Waals surface area contributed by atoms with Crippen LogP contribution in [0.1, 0.15) is 32.2 Å². The van der Waals surface area contributed by atoms with Crippen molar-refractivity contribution in [3.63, 3.8) is 0 Å². The van der Waals surface area contributed by atoms with Gasteiger partial charge in [-0.2, -0.15) is 5.10 Å². The van der Waals surface area contributed by atoms with Crippen molar-refractivity contribution in [3.05, 3.63) is 17.5 Å². The maximum Gasteiger partial charge on any atom is 0.0708 e. The molecule has 0 aromatic carbocycles. The molecule has 1 unspecified atom stereocenters. The summed E-state index contributed by atoms with van der Waals surface area (Å²) in [5.74, 6) is 0. The Morgan fingerprint density at radius 2 is 2.15 bits per heavy atom. The lowest BCUT2D eigenvalue weighted by molar-refractivity contribution is 0.167. The van der Waals surface area contributed by atoms with E-state index in [0.717, 1.165) is 18.5 Å². The Hall–Kier alpha value is -0.830. The molecule has 0 aliphatic carbocycles. The zero-order chi connectivity index (χ0) is 9.84. The fourth-order valence-electron chi connectivity index (χ4n) is 1.38. The molecule has 3 nitrogen and oxygen atoms in total. The second-order valence-electron chi connectivity index (χ2n) is 3.37. The van der Waals surface area contributed by atoms with E-state index in [1.807, 2.05) is 4.68 Å². The van der Waals surface area contributed by atoms with Gasteiger partial charge in [-0.1, -0.05) is 13.8 Å². The second-order valence-corrected chi connectivity index (χ2v) is 3.37. The van der Waals surface area contributed by atoms with E-state index in [1.54, 1.807) is 6.92 Å². The average Bonchev–Trinajstić information content (AvgIpc) is 2.46. The molecule has 0 saturated carbocycles. The predicted octanol–water partition coefficient (Wildman–Crippen LogP) is 1.39. The van der Waals surface area contributed by atoms with Gasteiger partial charge in [-0.15, -0.1) is 0 Å². The van der Waals surface area contributed by atoms with Gasteiger partial charge in [0, 0.05) is 5.69 Å². The number of nitrogens with zero attached hydrogens (tertiary/aromatic N) is 2. The zero-order valence-corrected chi connectivity index (χ0v) is 8.62. The quantitative estimate of drug-likeness (QED) is 0.764. The number of aromatic nitrogens is 2. The largest absolute Gasteiger partial charge is 0.391 e. The van der Waals surface area contributed by atoms with Gasteiger partial charge in [-0.05, 0) is 25.8 Å². The minimum absolute atomic E-state index is 0.324. The van der Waals surface area contributed by atoms with E-state index in [0.29, 0.717) is 6.54 Å². The van der Waals surface area contributed by atoms with Crippen LogP contribution < -0.4 is 0 Å². The lowest BCUT2D eigenvalue weighted by Gasteiger charge is -2.07. The van der Waals surface area contributed by atoms with Gasteiger partial charge in [-0.3, -0.25) is 4.68 Å². The Labute approximate surface area is 79.4 Å². The Balaban J connectivity index is 2.84. The highest BCUT2D eigenvalue weighted by molar-refractivity contribution is 5.10. The lowest BCUT2D eigenvalue weighted by atomic mass is 10.2. The van der Waals surface area contributed by atoms with Crippen LogP contribution in [0.25, 0.3) is 0 Å². The molecule has 0 radical (unpaired) electrons. The summed E-state index contributed by atoms with van der Waals surface area (Å²) in [7, 11) is 0. The number of aliphatic hydroxyl groups excluding tert-OH is 1. The molecule has 0 bridgehead atoms. The molecule has 1 aromatic heterocycles. The first-order valence-corrected chi connectivity index (χ1v) is 4.91. The normalized spacial score (nSPS) is 13.2. The standard InChI is InChI=1S/C10H18N2O/c1-4-9-6-10(5-2)12(11-9)7-8(3)13/h6,8,13H,4-5,7H2,1-3H3. The fraction of sp³-hybridized carbons (Fsp3) is 0.700. The monoisotopic (exact) mass is 182 g/mol. The van der Waals surface area contributed by atoms with Gasteiger partial charge in [0.25, 0.3) is 0 Å². The molecule has 1 N–H and O–H groups in total. The third-order valence-electron chi connectivity index (χ3n) is 2.08. The molecule has 0 fully saturated rings. The molecule has 1 heterocycles. The third-order valence-corrected chi connectivity index (χ3v) is 2.08. The Morgan fingerprint density at radius 3 is 2.62 bits per heavy atom. The van der Waals surface area contributed by atoms with E-state index in [-0.39, 0.29) is 6.10 Å². The summed E-state index contributed by atoms with van der Waals surface area (Å²) in [6.07, 6.45) is 1.61. The highest BCUT2D eigenvalue weighted by Crippen LogP contribution is 2.06. The number of aryl methyl sites for hydroxylation is 2. The van der Waals surface area contributed by atoms with Crippen LogP contribution in [0.5, 0.6) is 0 Å². The minimum Gasteiger partial charge on any atom is -0.391 e. The van der Waals surface area contributed by atoms with Gasteiger partial charge in [0.1, 0.15) is 0 Å². The minimum atomic E-state index is -0.324. The van der Waals surface area contributed by atoms with Crippen molar-refractivity contribution in [2.45, 2.75) is 46.3 Å². The van der Waals surface area contributed by atoms with Crippen LogP contribution in [0.15, 0.2) is 6.07 Å². The van der Waals surface area contributed by atoms with Crippen LogP contribution >= 0.6 is 0 Å². The Bertz CT molecular complexity index is 266. The molecular formula is C10H18N2O. The first kappa shape index (κ1) is 10.3. The highest BCUT2D eigenvalue weighted by Gasteiger charge is 2.06. The van der Waals surface area contributed by atoms with E-state index < -0.39 is 0 Å². The van der Waals surface area contributed by atoms with Gasteiger partial charge < -0.3 is 5.11 Å². The van der Waals surface area contributed by atoms with E-state index in [4.69, 9.17) is 0 Å². The molecule has 0 amide bonds. The molecular weight excluding hydrogens is 164 g/mol. The third kappa shape index (κ3) is 2.56. The van der Waals surface area contributed by atoms with Crippen molar-refractivity contribution in [1.82, 2.24) is 9.78 Å². The summed E-state index contributed by atoms with van der Waals surface area (Å²) in [4.78, 5) is 0. The number of rotatable bonds is 4. The smallest absolute Gasteiger partial charge is 0.0708 e. The summed E-state index contributed by atoms with van der Waals surface area (Å²) in [6, 6.07) is 2.11. The fourth-order valence-corrected chi connectivity index (χ4v) is 1.38. The van der Waals surface area contributed by atoms with E-state index in [9.17, 15) is 5.11 Å². The van der Waals surface area contributed by atoms with Gasteiger partial charge in [0.05, 0.1) is 18.3 Å². The van der Waals surface area contributed by atoms with Crippen molar-refractivity contribution in [1.29, 1.82) is 0 Å². The summed E-state index contributed by atoms with van der Waals surface area (Å²) < 4.78 is 1.91. The number of hydrogen-bond acceptors (Lipinski definition) is 2. The van der Waals surface area contributed by atoms with Gasteiger partial charge in [-0.25, -0.2) is 0 Å². The molecule has 74 valence electrons. The van der Waals surface area contributed by atoms with Gasteiger partial charge >= 0.3 is 0 Å². The molecule has 1 atom stereocenters. The molecule has 13 heavy (non-hydrogen) atoms. The predicted molar refractivity (Wildman–Crippen MR) is 52.7 cm³/mol. The molecule has 0 spiro atoms. The molecule has 0 aliphatic heterocycles. The summed E-state index contributed by atoms with van der Waals surface area (Å²) in [5, 5.41) is 13.6. The molecule has 3 heteroatoms. The summed E-state index contributed by atoms with van der Waals surface area (Å²) in [6.45, 7) is 6.58.